The maximum Gasteiger partial charge on any atom is 0.309 e. The average Bonchev–Trinajstić information content (AvgIpc) is 3.19. The van der Waals surface area contributed by atoms with E-state index in [0.717, 1.165) is 37.5 Å². The van der Waals surface area contributed by atoms with Crippen LogP contribution >= 0.6 is 0 Å². The van der Waals surface area contributed by atoms with E-state index in [-0.39, 0.29) is 5.41 Å². The van der Waals surface area contributed by atoms with Crippen LogP contribution in [0.3, 0.4) is 0 Å². The summed E-state index contributed by atoms with van der Waals surface area (Å²) >= 11 is 0. The Morgan fingerprint density at radius 2 is 1.52 bits per heavy atom. The van der Waals surface area contributed by atoms with Gasteiger partial charge in [0.25, 0.3) is 0 Å². The smallest absolute Gasteiger partial charge is 0.309 e. The summed E-state index contributed by atoms with van der Waals surface area (Å²) in [4.78, 5) is 12.7. The van der Waals surface area contributed by atoms with Crippen molar-refractivity contribution >= 4 is 5.97 Å². The third kappa shape index (κ3) is 2.49. The van der Waals surface area contributed by atoms with Crippen LogP contribution in [0.4, 0.5) is 0 Å². The third-order valence-electron chi connectivity index (χ3n) is 13.0. The lowest BCUT2D eigenvalue weighted by atomic mass is 9.34. The maximum atomic E-state index is 12.7. The fourth-order valence-corrected chi connectivity index (χ4v) is 11.3. The Kier molecular flexibility index (Phi) is 4.56. The molecular weight excluding hydrogens is 380 g/mol. The van der Waals surface area contributed by atoms with Crippen molar-refractivity contribution in [3.63, 3.8) is 0 Å². The van der Waals surface area contributed by atoms with Gasteiger partial charge in [-0.15, -0.1) is 0 Å². The highest BCUT2D eigenvalue weighted by Crippen LogP contribution is 2.78. The first-order chi connectivity index (χ1) is 14.3. The van der Waals surface area contributed by atoms with Crippen molar-refractivity contribution < 1.29 is 9.90 Å². The topological polar surface area (TPSA) is 37.3 Å². The molecule has 5 fully saturated rings. The number of allylic oxidation sites excluding steroid dienone is 1. The molecule has 5 aliphatic rings. The molecule has 9 atom stereocenters. The van der Waals surface area contributed by atoms with Crippen LogP contribution < -0.4 is 0 Å². The number of fused-ring (bicyclic) bond motifs is 7. The number of rotatable bonds is 2. The molecule has 2 heteroatoms. The fourth-order valence-electron chi connectivity index (χ4n) is 11.3. The van der Waals surface area contributed by atoms with Crippen LogP contribution in [-0.4, -0.2) is 11.1 Å². The van der Waals surface area contributed by atoms with Gasteiger partial charge in [-0.1, -0.05) is 46.8 Å². The second-order valence-corrected chi connectivity index (χ2v) is 14.1. The molecule has 1 N–H and O–H groups in total. The van der Waals surface area contributed by atoms with E-state index in [4.69, 9.17) is 0 Å². The lowest BCUT2D eigenvalue weighted by molar-refractivity contribution is -0.221. The summed E-state index contributed by atoms with van der Waals surface area (Å²) in [6, 6.07) is 0. The molecule has 0 aromatic rings. The summed E-state index contributed by atoms with van der Waals surface area (Å²) in [7, 11) is 0. The van der Waals surface area contributed by atoms with Crippen molar-refractivity contribution in [2.24, 2.45) is 56.7 Å². The predicted molar refractivity (Wildman–Crippen MR) is 127 cm³/mol. The molecule has 0 bridgehead atoms. The van der Waals surface area contributed by atoms with Gasteiger partial charge in [-0.25, -0.2) is 0 Å². The minimum atomic E-state index is -0.510. The van der Waals surface area contributed by atoms with E-state index in [1.807, 2.05) is 0 Å². The summed E-state index contributed by atoms with van der Waals surface area (Å²) in [5.41, 5.74) is 2.29. The molecular formula is C29H46O2. The monoisotopic (exact) mass is 426 g/mol. The van der Waals surface area contributed by atoms with Gasteiger partial charge in [-0.05, 0) is 122 Å². The van der Waals surface area contributed by atoms with E-state index in [1.54, 1.807) is 0 Å². The molecule has 5 rings (SSSR count). The van der Waals surface area contributed by atoms with Crippen LogP contribution in [0.1, 0.15) is 106 Å². The van der Waals surface area contributed by atoms with Crippen LogP contribution in [0, 0.1) is 56.7 Å². The predicted octanol–water partition coefficient (Wildman–Crippen LogP) is 7.73. The molecule has 0 aromatic carbocycles. The molecule has 0 heterocycles. The van der Waals surface area contributed by atoms with Gasteiger partial charge in [0.05, 0.1) is 5.41 Å². The van der Waals surface area contributed by atoms with E-state index in [0.29, 0.717) is 34.0 Å². The summed E-state index contributed by atoms with van der Waals surface area (Å²) in [6.45, 7) is 19.5. The Bertz CT molecular complexity index is 812. The van der Waals surface area contributed by atoms with E-state index in [2.05, 4.69) is 48.1 Å². The number of carboxylic acid groups (broad SMARTS) is 1. The zero-order valence-corrected chi connectivity index (χ0v) is 21.0. The van der Waals surface area contributed by atoms with Crippen LogP contribution in [-0.2, 0) is 4.79 Å². The highest BCUT2D eigenvalue weighted by molar-refractivity contribution is 5.76. The Balaban J connectivity index is 1.57. The first-order valence-electron chi connectivity index (χ1n) is 13.2. The summed E-state index contributed by atoms with van der Waals surface area (Å²) in [5.74, 6) is 2.38. The van der Waals surface area contributed by atoms with Crippen LogP contribution in [0.25, 0.3) is 0 Å². The Labute approximate surface area is 190 Å². The number of carboxylic acids is 1. The molecule has 2 nitrogen and oxygen atoms in total. The third-order valence-corrected chi connectivity index (χ3v) is 13.0. The number of hydrogen-bond donors (Lipinski definition) is 1. The first kappa shape index (κ1) is 22.0. The van der Waals surface area contributed by atoms with Gasteiger partial charge in [-0.2, -0.15) is 0 Å². The Hall–Kier alpha value is -0.790. The molecule has 0 aromatic heterocycles. The van der Waals surface area contributed by atoms with E-state index >= 15 is 0 Å². The second-order valence-electron chi connectivity index (χ2n) is 14.1. The molecule has 5 aliphatic carbocycles. The van der Waals surface area contributed by atoms with E-state index in [1.165, 1.54) is 44.1 Å². The quantitative estimate of drug-likeness (QED) is 0.459. The molecule has 0 unspecified atom stereocenters. The lowest BCUT2D eigenvalue weighted by Gasteiger charge is -2.70. The standard InChI is InChI=1S/C29H46O2/c1-18(2)19-10-13-29(24(30)31)17-16-27(6)20(23(19)29)8-9-22-26(5)15-14-25(3,4)21(26)11-12-28(22,27)7/h19-23H,1,8-17H2,2-7H3,(H,30,31)/t19-,20+,21-,22+,23+,26-,27+,28+,29-/m0/s1. The molecule has 0 saturated heterocycles. The molecule has 0 aliphatic heterocycles. The Morgan fingerprint density at radius 3 is 2.16 bits per heavy atom. The van der Waals surface area contributed by atoms with Crippen molar-refractivity contribution in [1.82, 2.24) is 0 Å². The lowest BCUT2D eigenvalue weighted by Crippen LogP contribution is -2.64. The van der Waals surface area contributed by atoms with Gasteiger partial charge >= 0.3 is 5.97 Å². The average molecular weight is 427 g/mol. The molecule has 0 radical (unpaired) electrons. The Morgan fingerprint density at radius 1 is 0.806 bits per heavy atom. The van der Waals surface area contributed by atoms with Gasteiger partial charge in [0, 0.05) is 0 Å². The van der Waals surface area contributed by atoms with Gasteiger partial charge in [0.15, 0.2) is 0 Å². The van der Waals surface area contributed by atoms with E-state index in [9.17, 15) is 9.90 Å². The molecule has 0 amide bonds. The SMILES string of the molecule is C=C(C)[C@@H]1CC[C@]2(C(=O)O)CC[C@]3(C)[C@H](CC[C@@H]4[C@@]5(C)CCC(C)(C)[C@@H]5CC[C@]43C)[C@@H]12. The van der Waals surface area contributed by atoms with Crippen molar-refractivity contribution in [2.45, 2.75) is 106 Å². The zero-order valence-electron chi connectivity index (χ0n) is 21.0. The minimum absolute atomic E-state index is 0.262. The van der Waals surface area contributed by atoms with Crippen molar-refractivity contribution in [3.05, 3.63) is 12.2 Å². The minimum Gasteiger partial charge on any atom is -0.481 e. The van der Waals surface area contributed by atoms with Crippen LogP contribution in [0.5, 0.6) is 0 Å². The number of carbonyl (C=O) groups is 1. The molecule has 174 valence electrons. The van der Waals surface area contributed by atoms with Gasteiger partial charge in [-0.3, -0.25) is 4.79 Å². The molecule has 0 spiro atoms. The zero-order chi connectivity index (χ0) is 22.6. The van der Waals surface area contributed by atoms with Crippen molar-refractivity contribution in [3.8, 4) is 0 Å². The van der Waals surface area contributed by atoms with E-state index < -0.39 is 11.4 Å². The fraction of sp³-hybridized carbons (Fsp3) is 0.897. The molecule has 5 saturated carbocycles. The van der Waals surface area contributed by atoms with Crippen molar-refractivity contribution in [2.75, 3.05) is 0 Å². The number of hydrogen-bond acceptors (Lipinski definition) is 1. The summed E-state index contributed by atoms with van der Waals surface area (Å²) in [6.07, 6.45) is 11.9. The normalized spacial score (nSPS) is 55.0. The highest BCUT2D eigenvalue weighted by atomic mass is 16.4. The van der Waals surface area contributed by atoms with Crippen molar-refractivity contribution in [1.29, 1.82) is 0 Å². The summed E-state index contributed by atoms with van der Waals surface area (Å²) < 4.78 is 0. The number of aliphatic carboxylic acids is 1. The van der Waals surface area contributed by atoms with Crippen LogP contribution in [0.15, 0.2) is 12.2 Å². The van der Waals surface area contributed by atoms with Gasteiger partial charge < -0.3 is 5.11 Å². The van der Waals surface area contributed by atoms with Crippen LogP contribution in [0.2, 0.25) is 0 Å². The highest BCUT2D eigenvalue weighted by Gasteiger charge is 2.72. The van der Waals surface area contributed by atoms with Gasteiger partial charge in [0.2, 0.25) is 0 Å². The largest absolute Gasteiger partial charge is 0.481 e. The maximum absolute atomic E-state index is 12.7. The molecule has 31 heavy (non-hydrogen) atoms. The summed E-state index contributed by atoms with van der Waals surface area (Å²) in [5, 5.41) is 10.5. The first-order valence-corrected chi connectivity index (χ1v) is 13.2. The second kappa shape index (κ2) is 6.41. The van der Waals surface area contributed by atoms with Gasteiger partial charge in [0.1, 0.15) is 0 Å².